The Morgan fingerprint density at radius 1 is 1.08 bits per heavy atom. The Morgan fingerprint density at radius 3 is 2.62 bits per heavy atom. The lowest BCUT2D eigenvalue weighted by Gasteiger charge is -2.29. The van der Waals surface area contributed by atoms with E-state index in [1.54, 1.807) is 12.1 Å². The van der Waals surface area contributed by atoms with Gasteiger partial charge in [0.1, 0.15) is 0 Å². The molecular formula is C20H23NO3. The molecule has 4 heteroatoms. The fraction of sp³-hybridized carbons (Fsp3) is 0.400. The van der Waals surface area contributed by atoms with E-state index in [2.05, 4.69) is 12.2 Å². The summed E-state index contributed by atoms with van der Waals surface area (Å²) in [4.78, 5) is 24.2. The van der Waals surface area contributed by atoms with Crippen molar-refractivity contribution in [3.05, 3.63) is 48.0 Å². The molecule has 0 spiro atoms. The number of ether oxygens (including phenoxy) is 1. The largest absolute Gasteiger partial charge is 0.452 e. The first-order chi connectivity index (χ1) is 11.6. The van der Waals surface area contributed by atoms with Gasteiger partial charge in [-0.1, -0.05) is 50.1 Å². The minimum Gasteiger partial charge on any atom is -0.452 e. The highest BCUT2D eigenvalue weighted by atomic mass is 16.5. The summed E-state index contributed by atoms with van der Waals surface area (Å²) in [5, 5.41) is 5.04. The van der Waals surface area contributed by atoms with Crippen LogP contribution < -0.4 is 5.32 Å². The summed E-state index contributed by atoms with van der Waals surface area (Å²) in [5.74, 6) is -0.200. The van der Waals surface area contributed by atoms with Crippen LogP contribution in [-0.2, 0) is 9.53 Å². The number of hydrogen-bond acceptors (Lipinski definition) is 3. The van der Waals surface area contributed by atoms with E-state index in [0.717, 1.165) is 30.0 Å². The normalized spacial score (nSPS) is 20.5. The zero-order valence-electron chi connectivity index (χ0n) is 14.0. The molecule has 1 amide bonds. The van der Waals surface area contributed by atoms with Crippen molar-refractivity contribution in [3.8, 4) is 0 Å². The van der Waals surface area contributed by atoms with E-state index in [1.807, 2.05) is 30.3 Å². The molecule has 1 saturated carbocycles. The summed E-state index contributed by atoms with van der Waals surface area (Å²) in [5.41, 5.74) is 0.465. The number of benzene rings is 2. The highest BCUT2D eigenvalue weighted by Gasteiger charge is 2.23. The maximum absolute atomic E-state index is 12.1. The third-order valence-electron chi connectivity index (χ3n) is 4.78. The first-order valence-corrected chi connectivity index (χ1v) is 8.59. The molecule has 0 radical (unpaired) electrons. The molecule has 0 unspecified atom stereocenters. The van der Waals surface area contributed by atoms with Gasteiger partial charge in [0.2, 0.25) is 0 Å². The minimum absolute atomic E-state index is 0.200. The molecule has 0 heterocycles. The molecule has 2 atom stereocenters. The summed E-state index contributed by atoms with van der Waals surface area (Å²) in [6, 6.07) is 13.4. The van der Waals surface area contributed by atoms with Crippen LogP contribution in [0.1, 0.15) is 43.0 Å². The molecule has 1 aliphatic carbocycles. The Morgan fingerprint density at radius 2 is 1.83 bits per heavy atom. The maximum Gasteiger partial charge on any atom is 0.338 e. The van der Waals surface area contributed by atoms with Crippen LogP contribution in [0.3, 0.4) is 0 Å². The number of carbonyl (C=O) groups is 2. The van der Waals surface area contributed by atoms with Crippen molar-refractivity contribution in [1.29, 1.82) is 0 Å². The van der Waals surface area contributed by atoms with Gasteiger partial charge in [-0.3, -0.25) is 4.79 Å². The topological polar surface area (TPSA) is 55.4 Å². The Balaban J connectivity index is 1.55. The van der Waals surface area contributed by atoms with Crippen molar-refractivity contribution < 1.29 is 14.3 Å². The molecule has 0 saturated heterocycles. The second kappa shape index (κ2) is 7.47. The smallest absolute Gasteiger partial charge is 0.338 e. The summed E-state index contributed by atoms with van der Waals surface area (Å²) >= 11 is 0. The van der Waals surface area contributed by atoms with Gasteiger partial charge in [-0.05, 0) is 41.7 Å². The van der Waals surface area contributed by atoms with E-state index in [0.29, 0.717) is 11.5 Å². The van der Waals surface area contributed by atoms with E-state index in [4.69, 9.17) is 4.74 Å². The van der Waals surface area contributed by atoms with Crippen LogP contribution in [0.25, 0.3) is 10.8 Å². The molecule has 0 bridgehead atoms. The highest BCUT2D eigenvalue weighted by Crippen LogP contribution is 2.23. The Labute approximate surface area is 142 Å². The number of rotatable bonds is 4. The average molecular weight is 325 g/mol. The van der Waals surface area contributed by atoms with Crippen LogP contribution in [0.15, 0.2) is 42.5 Å². The number of esters is 1. The average Bonchev–Trinajstić information content (AvgIpc) is 2.61. The summed E-state index contributed by atoms with van der Waals surface area (Å²) in [7, 11) is 0. The van der Waals surface area contributed by atoms with Crippen LogP contribution in [0.4, 0.5) is 0 Å². The van der Waals surface area contributed by atoms with Crippen molar-refractivity contribution in [2.45, 2.75) is 38.6 Å². The Hall–Kier alpha value is -2.36. The number of nitrogens with one attached hydrogen (secondary N) is 1. The molecule has 1 fully saturated rings. The van der Waals surface area contributed by atoms with E-state index in [9.17, 15) is 9.59 Å². The number of hydrogen-bond donors (Lipinski definition) is 1. The van der Waals surface area contributed by atoms with Gasteiger partial charge in [-0.15, -0.1) is 0 Å². The van der Waals surface area contributed by atoms with Crippen LogP contribution >= 0.6 is 0 Å². The van der Waals surface area contributed by atoms with Crippen LogP contribution in [-0.4, -0.2) is 24.5 Å². The summed E-state index contributed by atoms with van der Waals surface area (Å²) in [6.07, 6.45) is 4.52. The van der Waals surface area contributed by atoms with Gasteiger partial charge >= 0.3 is 5.97 Å². The van der Waals surface area contributed by atoms with Crippen molar-refractivity contribution in [2.24, 2.45) is 5.92 Å². The standard InChI is InChI=1S/C20H23NO3/c1-14-6-2-5-9-18(14)21-19(22)13-24-20(23)17-11-10-15-7-3-4-8-16(15)12-17/h3-4,7-8,10-12,14,18H,2,5-6,9,13H2,1H3,(H,21,22)/t14-,18-/m1/s1. The van der Waals surface area contributed by atoms with Crippen molar-refractivity contribution >= 4 is 22.6 Å². The third-order valence-corrected chi connectivity index (χ3v) is 4.78. The molecule has 0 aromatic heterocycles. The van der Waals surface area contributed by atoms with Gasteiger partial charge in [0.25, 0.3) is 5.91 Å². The predicted molar refractivity (Wildman–Crippen MR) is 93.8 cm³/mol. The molecule has 1 N–H and O–H groups in total. The number of carbonyl (C=O) groups excluding carboxylic acids is 2. The van der Waals surface area contributed by atoms with Crippen LogP contribution in [0.5, 0.6) is 0 Å². The number of amides is 1. The predicted octanol–water partition coefficient (Wildman–Crippen LogP) is 3.69. The lowest BCUT2D eigenvalue weighted by atomic mass is 9.86. The van der Waals surface area contributed by atoms with Gasteiger partial charge in [-0.2, -0.15) is 0 Å². The summed E-state index contributed by atoms with van der Waals surface area (Å²) < 4.78 is 5.16. The Kier molecular flexibility index (Phi) is 5.14. The summed E-state index contributed by atoms with van der Waals surface area (Å²) in [6.45, 7) is 1.93. The van der Waals surface area contributed by atoms with Gasteiger partial charge < -0.3 is 10.1 Å². The quantitative estimate of drug-likeness (QED) is 0.872. The lowest BCUT2D eigenvalue weighted by molar-refractivity contribution is -0.125. The van der Waals surface area contributed by atoms with Gasteiger partial charge in [0.05, 0.1) is 5.56 Å². The highest BCUT2D eigenvalue weighted by molar-refractivity contribution is 5.96. The van der Waals surface area contributed by atoms with Crippen molar-refractivity contribution in [2.75, 3.05) is 6.61 Å². The van der Waals surface area contributed by atoms with Crippen LogP contribution in [0, 0.1) is 5.92 Å². The minimum atomic E-state index is -0.465. The first kappa shape index (κ1) is 16.5. The maximum atomic E-state index is 12.1. The molecule has 0 aliphatic heterocycles. The molecular weight excluding hydrogens is 302 g/mol. The monoisotopic (exact) mass is 325 g/mol. The zero-order chi connectivity index (χ0) is 16.9. The SMILES string of the molecule is C[C@@H]1CCCC[C@H]1NC(=O)COC(=O)c1ccc2ccccc2c1. The van der Waals surface area contributed by atoms with E-state index in [-0.39, 0.29) is 18.6 Å². The second-order valence-corrected chi connectivity index (χ2v) is 6.57. The first-order valence-electron chi connectivity index (χ1n) is 8.59. The van der Waals surface area contributed by atoms with E-state index in [1.165, 1.54) is 6.42 Å². The Bertz CT molecular complexity index is 740. The van der Waals surface area contributed by atoms with Crippen molar-refractivity contribution in [1.82, 2.24) is 5.32 Å². The van der Waals surface area contributed by atoms with E-state index >= 15 is 0 Å². The third kappa shape index (κ3) is 3.94. The second-order valence-electron chi connectivity index (χ2n) is 6.57. The van der Waals surface area contributed by atoms with Crippen molar-refractivity contribution in [3.63, 3.8) is 0 Å². The van der Waals surface area contributed by atoms with Gasteiger partial charge in [0.15, 0.2) is 6.61 Å². The molecule has 2 aromatic carbocycles. The van der Waals surface area contributed by atoms with Gasteiger partial charge in [0, 0.05) is 6.04 Å². The fourth-order valence-electron chi connectivity index (χ4n) is 3.31. The molecule has 2 aromatic rings. The lowest BCUT2D eigenvalue weighted by Crippen LogP contribution is -2.42. The molecule has 24 heavy (non-hydrogen) atoms. The van der Waals surface area contributed by atoms with Crippen LogP contribution in [0.2, 0.25) is 0 Å². The van der Waals surface area contributed by atoms with E-state index < -0.39 is 5.97 Å². The fourth-order valence-corrected chi connectivity index (χ4v) is 3.31. The van der Waals surface area contributed by atoms with Gasteiger partial charge in [-0.25, -0.2) is 4.79 Å². The zero-order valence-corrected chi connectivity index (χ0v) is 14.0. The molecule has 126 valence electrons. The molecule has 4 nitrogen and oxygen atoms in total. The molecule has 1 aliphatic rings. The molecule has 3 rings (SSSR count). The number of fused-ring (bicyclic) bond motifs is 1.